The van der Waals surface area contributed by atoms with E-state index in [1.165, 1.54) is 11.3 Å². The van der Waals surface area contributed by atoms with Gasteiger partial charge in [0.1, 0.15) is 16.4 Å². The third-order valence-electron chi connectivity index (χ3n) is 3.96. The largest absolute Gasteiger partial charge is 0.497 e. The molecule has 0 aliphatic heterocycles. The molecule has 1 amide bonds. The Kier molecular flexibility index (Phi) is 5.85. The minimum Gasteiger partial charge on any atom is -0.497 e. The molecule has 23 heavy (non-hydrogen) atoms. The molecule has 0 saturated heterocycles. The van der Waals surface area contributed by atoms with Crippen molar-refractivity contribution in [1.29, 1.82) is 0 Å². The van der Waals surface area contributed by atoms with E-state index in [1.807, 2.05) is 25.1 Å². The van der Waals surface area contributed by atoms with E-state index in [1.54, 1.807) is 14.2 Å². The van der Waals surface area contributed by atoms with Crippen molar-refractivity contribution in [3.8, 4) is 11.5 Å². The van der Waals surface area contributed by atoms with Crippen molar-refractivity contribution in [2.45, 2.75) is 26.9 Å². The predicted octanol–water partition coefficient (Wildman–Crippen LogP) is 3.34. The highest BCUT2D eigenvalue weighted by molar-refractivity contribution is 7.21. The molecule has 0 saturated carbocycles. The first kappa shape index (κ1) is 17.6. The lowest BCUT2D eigenvalue weighted by Gasteiger charge is -2.26. The Balaban J connectivity index is 2.33. The van der Waals surface area contributed by atoms with Gasteiger partial charge in [0.05, 0.1) is 20.4 Å². The van der Waals surface area contributed by atoms with E-state index in [9.17, 15) is 4.79 Å². The Morgan fingerprint density at radius 3 is 2.52 bits per heavy atom. The van der Waals surface area contributed by atoms with Crippen molar-refractivity contribution < 1.29 is 14.3 Å². The molecule has 5 nitrogen and oxygen atoms in total. The molecule has 0 radical (unpaired) electrons. The fraction of sp³-hybridized carbons (Fsp3) is 0.471. The zero-order valence-electron chi connectivity index (χ0n) is 14.3. The third-order valence-corrected chi connectivity index (χ3v) is 5.11. The molecule has 2 rings (SSSR count). The van der Waals surface area contributed by atoms with Crippen molar-refractivity contribution in [2.75, 3.05) is 27.3 Å². The summed E-state index contributed by atoms with van der Waals surface area (Å²) < 4.78 is 11.8. The summed E-state index contributed by atoms with van der Waals surface area (Å²) >= 11 is 1.43. The number of carbonyl (C=O) groups excluding carboxylic acids is 1. The van der Waals surface area contributed by atoms with Gasteiger partial charge in [-0.05, 0) is 38.2 Å². The van der Waals surface area contributed by atoms with E-state index in [0.29, 0.717) is 10.6 Å². The van der Waals surface area contributed by atoms with Gasteiger partial charge in [-0.15, -0.1) is 11.3 Å². The van der Waals surface area contributed by atoms with Gasteiger partial charge in [0, 0.05) is 10.1 Å². The van der Waals surface area contributed by atoms with Crippen LogP contribution in [0.1, 0.15) is 30.4 Å². The molecule has 1 atom stereocenters. The molecular formula is C17H24N2O3S. The molecule has 6 heteroatoms. The Morgan fingerprint density at radius 2 is 1.96 bits per heavy atom. The first-order valence-electron chi connectivity index (χ1n) is 7.75. The van der Waals surface area contributed by atoms with Crippen LogP contribution in [-0.2, 0) is 0 Å². The van der Waals surface area contributed by atoms with Crippen LogP contribution in [0.5, 0.6) is 11.5 Å². The van der Waals surface area contributed by atoms with Crippen LogP contribution >= 0.6 is 11.3 Å². The standard InChI is InChI=1S/C17H24N2O3S/c1-6-19(7-2)11(3)18-17(20)16-15(22-5)13-10-12(21-4)8-9-14(13)23-16/h8-11H,6-7H2,1-5H3,(H,18,20). The topological polar surface area (TPSA) is 50.8 Å². The van der Waals surface area contributed by atoms with Crippen LogP contribution in [-0.4, -0.2) is 44.3 Å². The quantitative estimate of drug-likeness (QED) is 0.788. The van der Waals surface area contributed by atoms with E-state index >= 15 is 0 Å². The summed E-state index contributed by atoms with van der Waals surface area (Å²) in [5.74, 6) is 1.24. The number of hydrogen-bond acceptors (Lipinski definition) is 5. The zero-order chi connectivity index (χ0) is 17.0. The van der Waals surface area contributed by atoms with Crippen LogP contribution in [0.25, 0.3) is 10.1 Å². The van der Waals surface area contributed by atoms with E-state index in [2.05, 4.69) is 24.1 Å². The molecule has 0 spiro atoms. The molecule has 1 aromatic carbocycles. The fourth-order valence-corrected chi connectivity index (χ4v) is 3.71. The molecule has 1 N–H and O–H groups in total. The molecular weight excluding hydrogens is 312 g/mol. The Labute approximate surface area is 141 Å². The zero-order valence-corrected chi connectivity index (χ0v) is 15.1. The number of carbonyl (C=O) groups is 1. The van der Waals surface area contributed by atoms with Gasteiger partial charge in [0.15, 0.2) is 0 Å². The Hall–Kier alpha value is -1.79. The number of benzene rings is 1. The average molecular weight is 336 g/mol. The van der Waals surface area contributed by atoms with Crippen molar-refractivity contribution in [3.05, 3.63) is 23.1 Å². The van der Waals surface area contributed by atoms with Crippen molar-refractivity contribution >= 4 is 27.3 Å². The number of rotatable bonds is 7. The number of ether oxygens (including phenoxy) is 2. The summed E-state index contributed by atoms with van der Waals surface area (Å²) in [5, 5.41) is 3.95. The third kappa shape index (κ3) is 3.59. The Bertz CT molecular complexity index is 680. The Morgan fingerprint density at radius 1 is 1.26 bits per heavy atom. The van der Waals surface area contributed by atoms with Crippen LogP contribution in [0, 0.1) is 0 Å². The number of fused-ring (bicyclic) bond motifs is 1. The lowest BCUT2D eigenvalue weighted by atomic mass is 10.2. The first-order valence-corrected chi connectivity index (χ1v) is 8.56. The highest BCUT2D eigenvalue weighted by Crippen LogP contribution is 2.39. The van der Waals surface area contributed by atoms with E-state index in [4.69, 9.17) is 9.47 Å². The van der Waals surface area contributed by atoms with Gasteiger partial charge in [-0.1, -0.05) is 13.8 Å². The number of methoxy groups -OCH3 is 2. The monoisotopic (exact) mass is 336 g/mol. The van der Waals surface area contributed by atoms with Gasteiger partial charge in [-0.25, -0.2) is 0 Å². The molecule has 1 unspecified atom stereocenters. The summed E-state index contributed by atoms with van der Waals surface area (Å²) in [4.78, 5) is 15.4. The minimum absolute atomic E-state index is 0.0260. The van der Waals surface area contributed by atoms with Crippen LogP contribution in [0.3, 0.4) is 0 Å². The second-order valence-electron chi connectivity index (χ2n) is 5.20. The van der Waals surface area contributed by atoms with Crippen molar-refractivity contribution in [3.63, 3.8) is 0 Å². The number of nitrogens with zero attached hydrogens (tertiary/aromatic N) is 1. The van der Waals surface area contributed by atoms with Gasteiger partial charge < -0.3 is 14.8 Å². The maximum Gasteiger partial charge on any atom is 0.266 e. The van der Waals surface area contributed by atoms with Crippen LogP contribution < -0.4 is 14.8 Å². The molecule has 0 aliphatic rings. The van der Waals surface area contributed by atoms with E-state index in [0.717, 1.165) is 28.9 Å². The molecule has 1 heterocycles. The summed E-state index contributed by atoms with van der Waals surface area (Å²) in [6.07, 6.45) is -0.0260. The average Bonchev–Trinajstić information content (AvgIpc) is 2.93. The van der Waals surface area contributed by atoms with Crippen LogP contribution in [0.2, 0.25) is 0 Å². The lowest BCUT2D eigenvalue weighted by Crippen LogP contribution is -2.45. The summed E-state index contributed by atoms with van der Waals surface area (Å²) in [5.41, 5.74) is 0. The number of amides is 1. The minimum atomic E-state index is -0.110. The summed E-state index contributed by atoms with van der Waals surface area (Å²) in [7, 11) is 3.21. The maximum atomic E-state index is 12.7. The summed E-state index contributed by atoms with van der Waals surface area (Å²) in [6.45, 7) is 7.93. The lowest BCUT2D eigenvalue weighted by molar-refractivity contribution is 0.0876. The van der Waals surface area contributed by atoms with Crippen molar-refractivity contribution in [1.82, 2.24) is 10.2 Å². The molecule has 126 valence electrons. The van der Waals surface area contributed by atoms with Gasteiger partial charge >= 0.3 is 0 Å². The maximum absolute atomic E-state index is 12.7. The van der Waals surface area contributed by atoms with Gasteiger partial charge in [-0.3, -0.25) is 9.69 Å². The number of thiophene rings is 1. The molecule has 0 bridgehead atoms. The predicted molar refractivity (Wildman–Crippen MR) is 94.8 cm³/mol. The molecule has 0 aliphatic carbocycles. The van der Waals surface area contributed by atoms with Crippen LogP contribution in [0.4, 0.5) is 0 Å². The second-order valence-corrected chi connectivity index (χ2v) is 6.25. The highest BCUT2D eigenvalue weighted by atomic mass is 32.1. The van der Waals surface area contributed by atoms with Gasteiger partial charge in [0.25, 0.3) is 5.91 Å². The van der Waals surface area contributed by atoms with E-state index < -0.39 is 0 Å². The van der Waals surface area contributed by atoms with E-state index in [-0.39, 0.29) is 12.1 Å². The molecule has 1 aromatic heterocycles. The smallest absolute Gasteiger partial charge is 0.266 e. The van der Waals surface area contributed by atoms with Crippen molar-refractivity contribution in [2.24, 2.45) is 0 Å². The normalized spacial score (nSPS) is 12.4. The van der Waals surface area contributed by atoms with Crippen LogP contribution in [0.15, 0.2) is 18.2 Å². The highest BCUT2D eigenvalue weighted by Gasteiger charge is 2.22. The SMILES string of the molecule is CCN(CC)C(C)NC(=O)c1sc2ccc(OC)cc2c1OC. The molecule has 2 aromatic rings. The first-order chi connectivity index (χ1) is 11.0. The van der Waals surface area contributed by atoms with Gasteiger partial charge in [-0.2, -0.15) is 0 Å². The van der Waals surface area contributed by atoms with Gasteiger partial charge in [0.2, 0.25) is 0 Å². The molecule has 0 fully saturated rings. The second kappa shape index (κ2) is 7.66. The number of hydrogen-bond donors (Lipinski definition) is 1. The number of nitrogens with one attached hydrogen (secondary N) is 1. The fourth-order valence-electron chi connectivity index (χ4n) is 2.65. The summed E-state index contributed by atoms with van der Waals surface area (Å²) in [6, 6.07) is 5.74.